The molecule has 2 aromatic carbocycles. The van der Waals surface area contributed by atoms with Gasteiger partial charge in [0.05, 0.1) is 6.61 Å². The number of nitrogens with zero attached hydrogens (tertiary/aromatic N) is 2. The predicted octanol–water partition coefficient (Wildman–Crippen LogP) is 2.82. The summed E-state index contributed by atoms with van der Waals surface area (Å²) in [6.45, 7) is 4.24. The van der Waals surface area contributed by atoms with Gasteiger partial charge in [0, 0.05) is 25.0 Å². The average Bonchev–Trinajstić information content (AvgIpc) is 2.70. The largest absolute Gasteiger partial charge is 0.487 e. The number of sulfonamides is 1. The maximum absolute atomic E-state index is 13.4. The van der Waals surface area contributed by atoms with Gasteiger partial charge >= 0.3 is 0 Å². The number of aliphatic hydroxyl groups is 1. The number of benzene rings is 2. The molecule has 1 heterocycles. The molecule has 6 nitrogen and oxygen atoms in total. The van der Waals surface area contributed by atoms with E-state index in [1.807, 2.05) is 25.9 Å². The molecule has 1 aliphatic heterocycles. The Hall–Kier alpha value is -2.00. The van der Waals surface area contributed by atoms with Gasteiger partial charge in [-0.25, -0.2) is 12.8 Å². The van der Waals surface area contributed by atoms with E-state index in [0.29, 0.717) is 6.54 Å². The van der Waals surface area contributed by atoms with Gasteiger partial charge in [-0.3, -0.25) is 0 Å². The summed E-state index contributed by atoms with van der Waals surface area (Å²) in [4.78, 5) is 2.07. The van der Waals surface area contributed by atoms with Crippen molar-refractivity contribution in [1.29, 1.82) is 0 Å². The molecule has 0 aromatic heterocycles. The van der Waals surface area contributed by atoms with Crippen LogP contribution in [0.15, 0.2) is 47.4 Å². The molecule has 0 spiro atoms. The van der Waals surface area contributed by atoms with Crippen LogP contribution in [0.3, 0.4) is 0 Å². The Kier molecular flexibility index (Phi) is 6.81. The molecular weight excluding hydrogens is 407 g/mol. The third-order valence-electron chi connectivity index (χ3n) is 5.39. The van der Waals surface area contributed by atoms with Crippen LogP contribution in [-0.4, -0.2) is 68.7 Å². The number of ether oxygens (including phenoxy) is 1. The average molecular weight is 437 g/mol. The van der Waals surface area contributed by atoms with Crippen molar-refractivity contribution in [3.63, 3.8) is 0 Å². The van der Waals surface area contributed by atoms with Crippen molar-refractivity contribution in [3.05, 3.63) is 48.3 Å². The minimum absolute atomic E-state index is 0.0734. The summed E-state index contributed by atoms with van der Waals surface area (Å²) in [5.41, 5.74) is 1.50. The molecule has 164 valence electrons. The standard InChI is InChI=1S/C22H29FN2O4S/c1-15-12-25(16(2)14-26)30(27,28)22-10-7-18(17-5-8-19(23)9-6-17)11-20(22)29-21(15)13-24(3)4/h5-11,15-16,21,26H,12-14H2,1-4H3/t15-,16-,21+/m1/s1. The number of halogens is 1. The Labute approximate surface area is 177 Å². The Morgan fingerprint density at radius 2 is 1.83 bits per heavy atom. The van der Waals surface area contributed by atoms with Crippen molar-refractivity contribution in [2.75, 3.05) is 33.8 Å². The van der Waals surface area contributed by atoms with Gasteiger partial charge in [-0.15, -0.1) is 0 Å². The van der Waals surface area contributed by atoms with Gasteiger partial charge in [0.25, 0.3) is 0 Å². The molecule has 0 saturated carbocycles. The Morgan fingerprint density at radius 3 is 2.43 bits per heavy atom. The van der Waals surface area contributed by atoms with Crippen LogP contribution in [0.2, 0.25) is 0 Å². The highest BCUT2D eigenvalue weighted by molar-refractivity contribution is 7.89. The van der Waals surface area contributed by atoms with E-state index >= 15 is 0 Å². The molecule has 1 aliphatic rings. The van der Waals surface area contributed by atoms with Gasteiger partial charge in [0.15, 0.2) is 0 Å². The quantitative estimate of drug-likeness (QED) is 0.781. The molecule has 3 rings (SSSR count). The van der Waals surface area contributed by atoms with Crippen LogP contribution in [0.1, 0.15) is 13.8 Å². The van der Waals surface area contributed by atoms with Gasteiger partial charge in [-0.1, -0.05) is 25.1 Å². The van der Waals surface area contributed by atoms with Crippen molar-refractivity contribution < 1.29 is 22.7 Å². The minimum atomic E-state index is -3.87. The fraction of sp³-hybridized carbons (Fsp3) is 0.455. The Balaban J connectivity index is 2.14. The number of rotatable bonds is 5. The van der Waals surface area contributed by atoms with E-state index in [0.717, 1.165) is 11.1 Å². The maximum Gasteiger partial charge on any atom is 0.247 e. The first-order chi connectivity index (χ1) is 14.1. The van der Waals surface area contributed by atoms with Gasteiger partial charge in [-0.2, -0.15) is 4.31 Å². The van der Waals surface area contributed by atoms with Crippen molar-refractivity contribution in [3.8, 4) is 16.9 Å². The molecule has 1 N–H and O–H groups in total. The lowest BCUT2D eigenvalue weighted by atomic mass is 10.0. The predicted molar refractivity (Wildman–Crippen MR) is 114 cm³/mol. The van der Waals surface area contributed by atoms with Crippen LogP contribution < -0.4 is 4.74 Å². The molecule has 0 aliphatic carbocycles. The Bertz CT molecular complexity index is 979. The molecule has 0 bridgehead atoms. The zero-order valence-corrected chi connectivity index (χ0v) is 18.6. The molecule has 0 saturated heterocycles. The maximum atomic E-state index is 13.4. The molecule has 0 radical (unpaired) electrons. The number of hydrogen-bond acceptors (Lipinski definition) is 5. The Morgan fingerprint density at radius 1 is 1.20 bits per heavy atom. The second-order valence-corrected chi connectivity index (χ2v) is 10.0. The molecule has 0 amide bonds. The molecular formula is C22H29FN2O4S. The minimum Gasteiger partial charge on any atom is -0.487 e. The second kappa shape index (κ2) is 9.01. The van der Waals surface area contributed by atoms with Crippen LogP contribution in [0, 0.1) is 11.7 Å². The van der Waals surface area contributed by atoms with Crippen LogP contribution in [0.5, 0.6) is 5.75 Å². The van der Waals surface area contributed by atoms with E-state index in [9.17, 15) is 17.9 Å². The van der Waals surface area contributed by atoms with Crippen molar-refractivity contribution in [2.45, 2.75) is 30.9 Å². The second-order valence-electron chi connectivity index (χ2n) is 8.17. The fourth-order valence-corrected chi connectivity index (χ4v) is 5.45. The highest BCUT2D eigenvalue weighted by atomic mass is 32.2. The van der Waals surface area contributed by atoms with Crippen LogP contribution in [0.4, 0.5) is 4.39 Å². The molecule has 0 fully saturated rings. The monoisotopic (exact) mass is 436 g/mol. The third kappa shape index (κ3) is 4.67. The summed E-state index contributed by atoms with van der Waals surface area (Å²) in [6, 6.07) is 10.4. The highest BCUT2D eigenvalue weighted by Crippen LogP contribution is 2.36. The van der Waals surface area contributed by atoms with E-state index in [-0.39, 0.29) is 41.6 Å². The third-order valence-corrected chi connectivity index (χ3v) is 7.41. The lowest BCUT2D eigenvalue weighted by Crippen LogP contribution is -2.49. The van der Waals surface area contributed by atoms with E-state index in [4.69, 9.17) is 4.74 Å². The molecule has 3 atom stereocenters. The number of hydrogen-bond donors (Lipinski definition) is 1. The van der Waals surface area contributed by atoms with E-state index in [1.54, 1.807) is 31.2 Å². The van der Waals surface area contributed by atoms with E-state index < -0.39 is 16.1 Å². The number of likely N-dealkylation sites (N-methyl/N-ethyl adjacent to an activating group) is 1. The lowest BCUT2D eigenvalue weighted by Gasteiger charge is -2.37. The molecule has 2 aromatic rings. The van der Waals surface area contributed by atoms with Gasteiger partial charge in [-0.05, 0) is 56.4 Å². The molecule has 30 heavy (non-hydrogen) atoms. The van der Waals surface area contributed by atoms with E-state index in [2.05, 4.69) is 0 Å². The van der Waals surface area contributed by atoms with E-state index in [1.165, 1.54) is 22.5 Å². The summed E-state index contributed by atoms with van der Waals surface area (Å²) >= 11 is 0. The van der Waals surface area contributed by atoms with Gasteiger partial charge in [0.1, 0.15) is 22.6 Å². The zero-order valence-electron chi connectivity index (χ0n) is 17.7. The van der Waals surface area contributed by atoms with Crippen LogP contribution in [-0.2, 0) is 10.0 Å². The molecule has 8 heteroatoms. The summed E-state index contributed by atoms with van der Waals surface area (Å²) in [5.74, 6) is -0.165. The van der Waals surface area contributed by atoms with Gasteiger partial charge in [0.2, 0.25) is 10.0 Å². The summed E-state index contributed by atoms with van der Waals surface area (Å²) in [7, 11) is 0.0103. The topological polar surface area (TPSA) is 70.1 Å². The first kappa shape index (κ1) is 22.7. The first-order valence-electron chi connectivity index (χ1n) is 9.97. The lowest BCUT2D eigenvalue weighted by molar-refractivity contribution is 0.0813. The molecule has 0 unspecified atom stereocenters. The highest BCUT2D eigenvalue weighted by Gasteiger charge is 2.37. The van der Waals surface area contributed by atoms with Crippen molar-refractivity contribution >= 4 is 10.0 Å². The van der Waals surface area contributed by atoms with Crippen LogP contribution >= 0.6 is 0 Å². The first-order valence-corrected chi connectivity index (χ1v) is 11.4. The number of fused-ring (bicyclic) bond motifs is 1. The number of aliphatic hydroxyl groups excluding tert-OH is 1. The van der Waals surface area contributed by atoms with Crippen molar-refractivity contribution in [1.82, 2.24) is 9.21 Å². The summed E-state index contributed by atoms with van der Waals surface area (Å²) < 4.78 is 47.8. The summed E-state index contributed by atoms with van der Waals surface area (Å²) in [6.07, 6.45) is -0.244. The fourth-order valence-electron chi connectivity index (χ4n) is 3.63. The normalized spacial score (nSPS) is 22.6. The van der Waals surface area contributed by atoms with Crippen LogP contribution in [0.25, 0.3) is 11.1 Å². The van der Waals surface area contributed by atoms with Gasteiger partial charge < -0.3 is 14.7 Å². The SMILES string of the molecule is C[C@@H]1CN([C@H](C)CO)S(=O)(=O)c2ccc(-c3ccc(F)cc3)cc2O[C@H]1CN(C)C. The van der Waals surface area contributed by atoms with Crippen molar-refractivity contribution in [2.24, 2.45) is 5.92 Å². The summed E-state index contributed by atoms with van der Waals surface area (Å²) in [5, 5.41) is 9.67. The zero-order chi connectivity index (χ0) is 22.1. The smallest absolute Gasteiger partial charge is 0.247 e.